The van der Waals surface area contributed by atoms with Gasteiger partial charge in [-0.05, 0) is 545 Å². The van der Waals surface area contributed by atoms with E-state index in [1.54, 1.807) is 0 Å². The van der Waals surface area contributed by atoms with E-state index in [9.17, 15) is 0 Å². The van der Waals surface area contributed by atoms with Gasteiger partial charge in [-0.2, -0.15) is 0 Å². The highest BCUT2D eigenvalue weighted by Crippen LogP contribution is 3.49. The predicted molar refractivity (Wildman–Crippen MR) is 305 cm³/mol. The highest BCUT2D eigenvalue weighted by atomic mass is 15.5. The zero-order chi connectivity index (χ0) is 52.8. The molecule has 90 atom stereocenters. The summed E-state index contributed by atoms with van der Waals surface area (Å²) in [4.78, 5) is 0. The minimum atomic E-state index is 0.997. The fraction of sp³-hybridized carbons (Fsp3) is 1.00. The second kappa shape index (κ2) is 6.35. The average Bonchev–Trinajstić information content (AvgIpc) is 0.495. The van der Waals surface area contributed by atoms with Crippen molar-refractivity contribution in [1.82, 2.24) is 0 Å². The van der Waals surface area contributed by atoms with Crippen LogP contribution >= 0.6 is 0 Å². The first-order chi connectivity index (χ1) is 46.8. The molecule has 0 heteroatoms. The molecule has 0 saturated heterocycles. The lowest BCUT2D eigenvalue weighted by atomic mass is 8.59. The van der Waals surface area contributed by atoms with Crippen LogP contribution in [0.3, 0.4) is 0 Å². The Bertz CT molecular complexity index is 5960. The molecule has 0 aliphatic heterocycles. The lowest BCUT2D eigenvalue weighted by Crippen LogP contribution is -3.42. The number of rotatable bonds is 0. The van der Waals surface area contributed by atoms with Gasteiger partial charge in [-0.3, -0.25) is 0 Å². The highest BCUT2D eigenvalue weighted by molar-refractivity contribution is 5.93. The fourth-order valence-corrected chi connectivity index (χ4v) is 88.6. The topological polar surface area (TPSA) is 0 Å². The Labute approximate surface area is 541 Å². The maximum absolute atomic E-state index is 1.90. The van der Waals surface area contributed by atoms with E-state index in [4.69, 9.17) is 0 Å². The number of hydrogen-bond acceptors (Lipinski definition) is 0. The first kappa shape index (κ1) is 35.2. The van der Waals surface area contributed by atoms with Crippen LogP contribution in [0.5, 0.6) is 0 Å². The fourth-order valence-electron chi connectivity index (χ4n) is 88.6. The minimum Gasteiger partial charge on any atom is -0.0467 e. The largest absolute Gasteiger partial charge is 0.0467 e. The van der Waals surface area contributed by atoms with Crippen molar-refractivity contribution >= 4 is 0 Å². The summed E-state index contributed by atoms with van der Waals surface area (Å²) >= 11 is 0. The maximum atomic E-state index is 1.90. The first-order valence-electron chi connectivity index (χ1n) is 46.8. The molecule has 89 unspecified atom stereocenters. The van der Waals surface area contributed by atoms with E-state index in [0.717, 1.165) is 141 Å². The summed E-state index contributed by atoms with van der Waals surface area (Å²) in [5, 5.41) is 0. The summed E-state index contributed by atoms with van der Waals surface area (Å²) in [6.07, 6.45) is 7.49. The Hall–Kier alpha value is 0. The van der Waals surface area contributed by atoms with Gasteiger partial charge in [-0.15, -0.1) is 0 Å². The summed E-state index contributed by atoms with van der Waals surface area (Å²) < 4.78 is 0. The van der Waals surface area contributed by atoms with Crippen LogP contribution in [0, 0.1) is 520 Å². The van der Waals surface area contributed by atoms with Crippen molar-refractivity contribution in [3.8, 4) is 0 Å². The summed E-state index contributed by atoms with van der Waals surface area (Å²) in [7, 11) is 0. The average molecular weight is 1200 g/mol. The second-order valence-corrected chi connectivity index (χ2v) is 58.5. The smallest absolute Gasteiger partial charge is 0.00591 e. The van der Waals surface area contributed by atoms with Gasteiger partial charge in [0.2, 0.25) is 0 Å². The molecule has 59 aliphatic rings. The van der Waals surface area contributed by atoms with Gasteiger partial charge < -0.3 is 0 Å². The Kier molecular flexibility index (Phi) is 2.38. The van der Waals surface area contributed by atoms with E-state index in [0.29, 0.717) is 0 Å². The molecular formula is C94H72. The Morgan fingerprint density at radius 2 is 0.553 bits per heavy atom. The van der Waals surface area contributed by atoms with Crippen molar-refractivity contribution in [1.29, 1.82) is 0 Å². The molecule has 0 amide bonds. The van der Waals surface area contributed by atoms with Gasteiger partial charge in [-0.1, -0.05) is 0 Å². The van der Waals surface area contributed by atoms with Gasteiger partial charge in [0, 0.05) is 0 Å². The molecule has 0 radical (unpaired) electrons. The van der Waals surface area contributed by atoms with Crippen LogP contribution in [0.15, 0.2) is 0 Å². The third-order valence-corrected chi connectivity index (χ3v) is 74.4. The molecule has 59 saturated carbocycles. The van der Waals surface area contributed by atoms with Crippen molar-refractivity contribution in [3.05, 3.63) is 0 Å². The molecule has 94 heavy (non-hydrogen) atoms. The van der Waals surface area contributed by atoms with Gasteiger partial charge in [0.05, 0.1) is 0 Å². The van der Waals surface area contributed by atoms with Crippen LogP contribution in [-0.4, -0.2) is 0 Å². The predicted octanol–water partition coefficient (Wildman–Crippen LogP) is 9.43. The maximum Gasteiger partial charge on any atom is -0.00591 e. The molecule has 0 nitrogen and oxygen atoms in total. The van der Waals surface area contributed by atoms with Gasteiger partial charge in [-0.25, -0.2) is 0 Å². The molecule has 0 aromatic rings. The Morgan fingerprint density at radius 3 is 1.19 bits per heavy atom. The van der Waals surface area contributed by atoms with Crippen LogP contribution in [0.1, 0.15) is 25.7 Å². The lowest BCUT2D eigenvalue weighted by Gasteiger charge is -3.43. The van der Waals surface area contributed by atoms with E-state index in [1.165, 1.54) is 379 Å². The molecule has 0 bridgehead atoms. The zero-order valence-corrected chi connectivity index (χ0v) is 52.8. The molecule has 59 fully saturated rings. The van der Waals surface area contributed by atoms with Crippen LogP contribution in [0.25, 0.3) is 0 Å². The summed E-state index contributed by atoms with van der Waals surface area (Å²) in [5.41, 5.74) is 27.5. The summed E-state index contributed by atoms with van der Waals surface area (Å²) in [6, 6.07) is 0. The molecule has 59 aliphatic carbocycles. The van der Waals surface area contributed by atoms with Crippen LogP contribution in [0.2, 0.25) is 0 Å². The summed E-state index contributed by atoms with van der Waals surface area (Å²) in [6.45, 7) is 0. The van der Waals surface area contributed by atoms with Gasteiger partial charge in [0.25, 0.3) is 0 Å². The van der Waals surface area contributed by atoms with Gasteiger partial charge in [0.15, 0.2) is 0 Å². The van der Waals surface area contributed by atoms with Crippen molar-refractivity contribution < 1.29 is 0 Å². The van der Waals surface area contributed by atoms with E-state index in [1.807, 2.05) is 25.7 Å². The molecule has 26 spiro atoms. The molecule has 448 valence electrons. The van der Waals surface area contributed by atoms with Crippen molar-refractivity contribution in [2.24, 2.45) is 520 Å². The normalized spacial score (nSPS) is 128. The van der Waals surface area contributed by atoms with E-state index < -0.39 is 0 Å². The number of fused-ring (bicyclic) bond motifs is 32. The molecule has 0 heterocycles. The number of hydrogen-bond donors (Lipinski definition) is 0. The zero-order valence-electron chi connectivity index (χ0n) is 52.8. The van der Waals surface area contributed by atoms with Crippen molar-refractivity contribution in [3.63, 3.8) is 0 Å². The SMILES string of the molecule is C1C2CC3C4C5C6C7C8C9C%10C%11C%12C%13C%14C%15C%16C%17C%18C%19C%20C%21C%22CC%23C%24C%25C[C@H]%26C%25C%25C%27C%28C(C%29C%28C%28C%29C%29C%30C%31C%32C%33C1C1C%34C2C32C%343C%34C%35C%36C%37C%38%39C%40C%41C%42C%43C%44C%45C%46C%47(C%48C%49C%50C%51C%52C%24C%23%22C%21%52C%20%51C%19%50C%18%49C%17%48C%16%47C%15%46C%14%45C%13%44C%12%43C%11%42C%10%41C9%40C8%38C7%37C6%36C5%35C4%342)C%28%29C%30C%31%39C%32C%3313)C%27C%25%26. The Balaban J connectivity index is 0.575. The molecule has 0 aromatic heterocycles. The van der Waals surface area contributed by atoms with E-state index >= 15 is 0 Å². The standard InChI is InChI=1S/C94H72/c1-5-2-11-29-36-39-48-56-51-46-43-41-42-45-50-55-49-44-38-35-28-10-4-9-13-6-3-7-12(6)15-14(7)16-17(15)19-18(16)20-21(19)30-22(20)31-24-32-23-26-8(1)27-34-25(5)73(11)85(34)64-60-61-68-90(48,84(39,61)80(36,60)86(29,64)73)94(56)89(51)67-59-54-47-53-58-66-88(50,82(45,58)78(42,53)76(41,47)79(43,54)83(46,59)89)93(55)87(49)65(91(66,93)71(30,31)63(24)72(32,92(67,68)94)62(23)70(26,27)85)57-52-40-37-33(13)69(9,10)74(28,37)75(35,40)77(38,52)81(44,57)87/h5-68H,1-4H2/t5?,6?,7-,8?,9?,10?,11?,12?,13?,14?,15?,16?,17?,18?,19?,20?,21?,22?,23?,24?,25?,26?,27?,28?,29?,30?,31?,32?,33?,34?,35?,36?,37?,38?,39?,40?,41?,42?,43?,44?,45?,46?,47?,48?,49?,50?,51?,52?,53?,54?,55?,56?,57?,58?,59?,60?,61?,62?,63?,64?,65?,66?,67?,68?,69?,70?,71?,72?,73?,74?,75?,76?,77?,78?,79?,80?,81?,82?,83?,84?,85?,86?,87?,88?,89?,90?,91?,92?,93?,94?/m0/s1. The van der Waals surface area contributed by atoms with E-state index in [2.05, 4.69) is 0 Å². The Morgan fingerprint density at radius 1 is 0.138 bits per heavy atom. The first-order valence-corrected chi connectivity index (χ1v) is 46.8. The van der Waals surface area contributed by atoms with Crippen LogP contribution in [-0.2, 0) is 0 Å². The highest BCUT2D eigenvalue weighted by Gasteiger charge is 3.48. The molecule has 0 aromatic carbocycles. The van der Waals surface area contributed by atoms with Crippen molar-refractivity contribution in [2.45, 2.75) is 25.7 Å². The van der Waals surface area contributed by atoms with Crippen LogP contribution in [0.4, 0.5) is 0 Å². The van der Waals surface area contributed by atoms with Gasteiger partial charge in [0.1, 0.15) is 0 Å². The second-order valence-electron chi connectivity index (χ2n) is 58.5. The van der Waals surface area contributed by atoms with Crippen LogP contribution < -0.4 is 0 Å². The van der Waals surface area contributed by atoms with E-state index in [-0.39, 0.29) is 0 Å². The van der Waals surface area contributed by atoms with Crippen molar-refractivity contribution in [2.75, 3.05) is 0 Å². The third-order valence-electron chi connectivity index (χ3n) is 74.4. The summed E-state index contributed by atoms with van der Waals surface area (Å²) in [5.74, 6) is 88.9. The molecule has 0 N–H and O–H groups in total. The monoisotopic (exact) mass is 1200 g/mol. The third kappa shape index (κ3) is 1.12. The van der Waals surface area contributed by atoms with Gasteiger partial charge >= 0.3 is 0 Å². The molecular weight excluding hydrogens is 1130 g/mol. The lowest BCUT2D eigenvalue weighted by molar-refractivity contribution is -0.984. The molecule has 59 rings (SSSR count). The minimum absolute atomic E-state index is 0.997. The quantitative estimate of drug-likeness (QED) is 0.227.